The second kappa shape index (κ2) is 4.18. The number of benzene rings is 1. The van der Waals surface area contributed by atoms with Crippen molar-refractivity contribution >= 4 is 0 Å². The van der Waals surface area contributed by atoms with Crippen LogP contribution in [0, 0.1) is 11.7 Å². The summed E-state index contributed by atoms with van der Waals surface area (Å²) >= 11 is 0. The van der Waals surface area contributed by atoms with Gasteiger partial charge in [-0.2, -0.15) is 0 Å². The number of aliphatic hydroxyl groups is 1. The van der Waals surface area contributed by atoms with Crippen molar-refractivity contribution in [3.63, 3.8) is 0 Å². The van der Waals surface area contributed by atoms with Crippen molar-refractivity contribution in [2.75, 3.05) is 0 Å². The monoisotopic (exact) mass is 243 g/mol. The Hall–Kier alpha value is -1.74. The molecule has 1 unspecified atom stereocenters. The summed E-state index contributed by atoms with van der Waals surface area (Å²) in [7, 11) is 0. The second-order valence-electron chi connectivity index (χ2n) is 4.79. The van der Waals surface area contributed by atoms with Crippen LogP contribution in [-0.2, 0) is 5.60 Å². The average molecular weight is 243 g/mol. The largest absolute Gasteiger partial charge is 0.380 e. The van der Waals surface area contributed by atoms with Gasteiger partial charge in [-0.3, -0.25) is 4.98 Å². The van der Waals surface area contributed by atoms with Gasteiger partial charge in [-0.25, -0.2) is 4.39 Å². The van der Waals surface area contributed by atoms with Crippen LogP contribution in [0.3, 0.4) is 0 Å². The Balaban J connectivity index is 2.09. The van der Waals surface area contributed by atoms with E-state index < -0.39 is 5.60 Å². The molecular weight excluding hydrogens is 229 g/mol. The predicted molar refractivity (Wildman–Crippen MR) is 66.4 cm³/mol. The molecule has 1 fully saturated rings. The van der Waals surface area contributed by atoms with Crippen LogP contribution in [0.1, 0.15) is 24.0 Å². The summed E-state index contributed by atoms with van der Waals surface area (Å²) in [5.74, 6) is -0.0877. The van der Waals surface area contributed by atoms with E-state index in [9.17, 15) is 9.50 Å². The van der Waals surface area contributed by atoms with Gasteiger partial charge in [0.15, 0.2) is 0 Å². The topological polar surface area (TPSA) is 33.1 Å². The maximum absolute atomic E-state index is 13.0. The van der Waals surface area contributed by atoms with E-state index in [0.29, 0.717) is 0 Å². The Morgan fingerprint density at radius 3 is 2.39 bits per heavy atom. The van der Waals surface area contributed by atoms with Gasteiger partial charge in [-0.05, 0) is 42.5 Å². The number of halogens is 1. The van der Waals surface area contributed by atoms with Gasteiger partial charge in [0.1, 0.15) is 11.4 Å². The Morgan fingerprint density at radius 2 is 1.83 bits per heavy atom. The number of pyridine rings is 1. The van der Waals surface area contributed by atoms with Gasteiger partial charge in [-0.15, -0.1) is 0 Å². The summed E-state index contributed by atoms with van der Waals surface area (Å²) in [5, 5.41) is 11.0. The van der Waals surface area contributed by atoms with Gasteiger partial charge in [0.25, 0.3) is 0 Å². The van der Waals surface area contributed by atoms with Crippen molar-refractivity contribution in [3.05, 3.63) is 65.7 Å². The first-order chi connectivity index (χ1) is 8.71. The first-order valence-corrected chi connectivity index (χ1v) is 6.10. The van der Waals surface area contributed by atoms with Crippen LogP contribution in [0.5, 0.6) is 0 Å². The first kappa shape index (κ1) is 11.4. The molecule has 92 valence electrons. The zero-order chi connectivity index (χ0) is 12.6. The van der Waals surface area contributed by atoms with Crippen molar-refractivity contribution in [3.8, 4) is 0 Å². The summed E-state index contributed by atoms with van der Waals surface area (Å²) in [6, 6.07) is 9.76. The summed E-state index contributed by atoms with van der Waals surface area (Å²) in [6.45, 7) is 0. The van der Waals surface area contributed by atoms with E-state index in [2.05, 4.69) is 4.98 Å². The van der Waals surface area contributed by atoms with Gasteiger partial charge in [0.2, 0.25) is 0 Å². The Kier molecular flexibility index (Phi) is 2.63. The van der Waals surface area contributed by atoms with Crippen molar-refractivity contribution in [1.29, 1.82) is 0 Å². The summed E-state index contributed by atoms with van der Waals surface area (Å²) < 4.78 is 13.0. The molecule has 0 spiro atoms. The minimum atomic E-state index is -1.04. The normalized spacial score (nSPS) is 18.3. The molecule has 1 N–H and O–H groups in total. The van der Waals surface area contributed by atoms with Crippen LogP contribution in [0.15, 0.2) is 48.8 Å². The Bertz CT molecular complexity index is 536. The fourth-order valence-corrected chi connectivity index (χ4v) is 2.43. The molecule has 1 atom stereocenters. The van der Waals surface area contributed by atoms with Gasteiger partial charge < -0.3 is 5.11 Å². The van der Waals surface area contributed by atoms with E-state index in [1.54, 1.807) is 24.5 Å². The summed E-state index contributed by atoms with van der Waals surface area (Å²) in [6.07, 6.45) is 5.34. The Morgan fingerprint density at radius 1 is 1.11 bits per heavy atom. The third-order valence-corrected chi connectivity index (χ3v) is 3.55. The highest BCUT2D eigenvalue weighted by Crippen LogP contribution is 2.49. The highest BCUT2D eigenvalue weighted by atomic mass is 19.1. The van der Waals surface area contributed by atoms with Crippen molar-refractivity contribution < 1.29 is 9.50 Å². The molecule has 1 heterocycles. The van der Waals surface area contributed by atoms with Gasteiger partial charge >= 0.3 is 0 Å². The molecule has 1 aromatic heterocycles. The molecule has 0 saturated heterocycles. The number of hydrogen-bond donors (Lipinski definition) is 1. The van der Waals surface area contributed by atoms with E-state index in [1.807, 2.05) is 12.1 Å². The van der Waals surface area contributed by atoms with Crippen molar-refractivity contribution in [2.24, 2.45) is 5.92 Å². The van der Waals surface area contributed by atoms with Crippen LogP contribution < -0.4 is 0 Å². The highest BCUT2D eigenvalue weighted by Gasteiger charge is 2.46. The molecule has 2 aromatic rings. The third-order valence-electron chi connectivity index (χ3n) is 3.55. The summed E-state index contributed by atoms with van der Waals surface area (Å²) in [5.41, 5.74) is 0.473. The van der Waals surface area contributed by atoms with Gasteiger partial charge in [0.05, 0.1) is 0 Å². The number of hydrogen-bond acceptors (Lipinski definition) is 2. The predicted octanol–water partition coefficient (Wildman–Crippen LogP) is 2.87. The molecule has 0 bridgehead atoms. The van der Waals surface area contributed by atoms with E-state index in [4.69, 9.17) is 0 Å². The summed E-state index contributed by atoms with van der Waals surface area (Å²) in [4.78, 5) is 4.07. The minimum absolute atomic E-state index is 0.201. The van der Waals surface area contributed by atoms with E-state index in [0.717, 1.165) is 24.0 Å². The molecule has 1 saturated carbocycles. The van der Waals surface area contributed by atoms with Crippen molar-refractivity contribution in [1.82, 2.24) is 4.98 Å². The van der Waals surface area contributed by atoms with E-state index in [-0.39, 0.29) is 11.7 Å². The zero-order valence-corrected chi connectivity index (χ0v) is 9.88. The van der Waals surface area contributed by atoms with Crippen LogP contribution in [0.25, 0.3) is 0 Å². The lowest BCUT2D eigenvalue weighted by molar-refractivity contribution is 0.0560. The van der Waals surface area contributed by atoms with Crippen LogP contribution in [0.2, 0.25) is 0 Å². The molecule has 3 rings (SSSR count). The van der Waals surface area contributed by atoms with Gasteiger partial charge in [0, 0.05) is 18.0 Å². The highest BCUT2D eigenvalue weighted by molar-refractivity contribution is 5.37. The quantitative estimate of drug-likeness (QED) is 0.899. The number of aromatic nitrogens is 1. The molecule has 2 nitrogen and oxygen atoms in total. The maximum Gasteiger partial charge on any atom is 0.123 e. The van der Waals surface area contributed by atoms with E-state index in [1.165, 1.54) is 12.1 Å². The van der Waals surface area contributed by atoms with Crippen LogP contribution in [0.4, 0.5) is 4.39 Å². The molecule has 1 aromatic carbocycles. The van der Waals surface area contributed by atoms with Gasteiger partial charge in [-0.1, -0.05) is 18.2 Å². The van der Waals surface area contributed by atoms with E-state index >= 15 is 0 Å². The minimum Gasteiger partial charge on any atom is -0.380 e. The fourth-order valence-electron chi connectivity index (χ4n) is 2.43. The lowest BCUT2D eigenvalue weighted by Crippen LogP contribution is -2.30. The van der Waals surface area contributed by atoms with Crippen molar-refractivity contribution in [2.45, 2.75) is 18.4 Å². The molecule has 0 radical (unpaired) electrons. The zero-order valence-electron chi connectivity index (χ0n) is 9.88. The lowest BCUT2D eigenvalue weighted by Gasteiger charge is -2.29. The maximum atomic E-state index is 13.0. The number of nitrogens with zero attached hydrogens (tertiary/aromatic N) is 1. The first-order valence-electron chi connectivity index (χ1n) is 6.10. The lowest BCUT2D eigenvalue weighted by atomic mass is 9.83. The molecule has 3 heteroatoms. The molecule has 0 amide bonds. The smallest absolute Gasteiger partial charge is 0.123 e. The Labute approximate surface area is 105 Å². The fraction of sp³-hybridized carbons (Fsp3) is 0.267. The molecule has 18 heavy (non-hydrogen) atoms. The molecule has 0 aliphatic heterocycles. The molecule has 1 aliphatic carbocycles. The molecular formula is C15H14FNO. The van der Waals surface area contributed by atoms with Crippen LogP contribution in [-0.4, -0.2) is 10.1 Å². The standard InChI is InChI=1S/C15H14FNO/c16-14-7-5-12(6-8-14)15(18,11-3-4-11)13-2-1-9-17-10-13/h1-2,5-11,18H,3-4H2. The second-order valence-corrected chi connectivity index (χ2v) is 4.79. The number of rotatable bonds is 3. The third kappa shape index (κ3) is 1.81. The van der Waals surface area contributed by atoms with Crippen LogP contribution >= 0.6 is 0 Å². The molecule has 1 aliphatic rings. The average Bonchev–Trinajstić information content (AvgIpc) is 3.24. The SMILES string of the molecule is OC(c1ccc(F)cc1)(c1cccnc1)C1CC1.